The maximum atomic E-state index is 12.8. The van der Waals surface area contributed by atoms with Crippen molar-refractivity contribution in [1.82, 2.24) is 5.43 Å². The summed E-state index contributed by atoms with van der Waals surface area (Å²) < 4.78 is 28.3. The van der Waals surface area contributed by atoms with E-state index in [1.165, 1.54) is 17.7 Å². The lowest BCUT2D eigenvalue weighted by Gasteiger charge is -2.12. The highest BCUT2D eigenvalue weighted by atomic mass is 32.2. The number of hydrogen-bond donors (Lipinski definition) is 2. The molecule has 1 amide bonds. The third-order valence-electron chi connectivity index (χ3n) is 5.28. The predicted octanol–water partition coefficient (Wildman–Crippen LogP) is 4.18. The SMILES string of the molecule is Cc1ccc(NS(=O)(=O)c2cccc(C(=O)N/N=C3/CCc4ccccc43)c2)c(C)c1. The number of hydrogen-bond acceptors (Lipinski definition) is 4. The number of amides is 1. The number of rotatable bonds is 5. The van der Waals surface area contributed by atoms with Crippen LogP contribution >= 0.6 is 0 Å². The fraction of sp³-hybridized carbons (Fsp3) is 0.167. The normalized spacial score (nSPS) is 14.3. The van der Waals surface area contributed by atoms with Crippen LogP contribution in [-0.2, 0) is 16.4 Å². The molecule has 0 spiro atoms. The van der Waals surface area contributed by atoms with E-state index in [-0.39, 0.29) is 10.5 Å². The lowest BCUT2D eigenvalue weighted by molar-refractivity contribution is 0.0954. The largest absolute Gasteiger partial charge is 0.279 e. The van der Waals surface area contributed by atoms with Crippen LogP contribution in [0.15, 0.2) is 76.7 Å². The van der Waals surface area contributed by atoms with E-state index >= 15 is 0 Å². The fourth-order valence-electron chi connectivity index (χ4n) is 3.64. The first-order chi connectivity index (χ1) is 14.8. The van der Waals surface area contributed by atoms with Crippen LogP contribution in [0.3, 0.4) is 0 Å². The average molecular weight is 434 g/mol. The first-order valence-electron chi connectivity index (χ1n) is 9.99. The zero-order valence-electron chi connectivity index (χ0n) is 17.3. The van der Waals surface area contributed by atoms with Gasteiger partial charge in [-0.3, -0.25) is 9.52 Å². The number of hydrazone groups is 1. The van der Waals surface area contributed by atoms with E-state index in [0.29, 0.717) is 5.69 Å². The van der Waals surface area contributed by atoms with Gasteiger partial charge >= 0.3 is 0 Å². The van der Waals surface area contributed by atoms with E-state index in [0.717, 1.165) is 35.2 Å². The molecule has 31 heavy (non-hydrogen) atoms. The molecule has 1 aliphatic rings. The summed E-state index contributed by atoms with van der Waals surface area (Å²) >= 11 is 0. The standard InChI is InChI=1S/C24H23N3O3S/c1-16-10-12-22(17(2)14-16)27-31(29,30)20-8-5-7-19(15-20)24(28)26-25-23-13-11-18-6-3-4-9-21(18)23/h3-10,12,14-15,27H,11,13H2,1-2H3,(H,26,28)/b25-23-. The van der Waals surface area contributed by atoms with Gasteiger partial charge in [-0.15, -0.1) is 0 Å². The smallest absolute Gasteiger partial charge is 0.271 e. The van der Waals surface area contributed by atoms with Crippen molar-refractivity contribution in [1.29, 1.82) is 0 Å². The summed E-state index contributed by atoms with van der Waals surface area (Å²) in [6.07, 6.45) is 1.65. The van der Waals surface area contributed by atoms with Crippen LogP contribution in [0.5, 0.6) is 0 Å². The summed E-state index contributed by atoms with van der Waals surface area (Å²) in [5, 5.41) is 4.27. The molecular weight excluding hydrogens is 410 g/mol. The van der Waals surface area contributed by atoms with Crippen molar-refractivity contribution in [2.24, 2.45) is 5.10 Å². The summed E-state index contributed by atoms with van der Waals surface area (Å²) in [6, 6.07) is 19.4. The number of anilines is 1. The van der Waals surface area contributed by atoms with Crippen LogP contribution < -0.4 is 10.1 Å². The Labute approximate surface area is 182 Å². The van der Waals surface area contributed by atoms with Gasteiger partial charge < -0.3 is 0 Å². The minimum atomic E-state index is -3.84. The van der Waals surface area contributed by atoms with Crippen molar-refractivity contribution in [2.75, 3.05) is 4.72 Å². The molecule has 1 aliphatic carbocycles. The van der Waals surface area contributed by atoms with Crippen molar-refractivity contribution < 1.29 is 13.2 Å². The van der Waals surface area contributed by atoms with Crippen molar-refractivity contribution in [3.8, 4) is 0 Å². The summed E-state index contributed by atoms with van der Waals surface area (Å²) in [5.41, 5.74) is 8.23. The average Bonchev–Trinajstić information content (AvgIpc) is 3.17. The Balaban J connectivity index is 1.52. The second-order valence-electron chi connectivity index (χ2n) is 7.61. The van der Waals surface area contributed by atoms with Crippen LogP contribution in [0, 0.1) is 13.8 Å². The van der Waals surface area contributed by atoms with Crippen LogP contribution in [0.1, 0.15) is 39.0 Å². The monoisotopic (exact) mass is 433 g/mol. The highest BCUT2D eigenvalue weighted by Gasteiger charge is 2.19. The summed E-state index contributed by atoms with van der Waals surface area (Å²) in [4.78, 5) is 12.6. The maximum absolute atomic E-state index is 12.8. The molecule has 0 fully saturated rings. The molecule has 4 rings (SSSR count). The molecule has 3 aromatic rings. The van der Waals surface area contributed by atoms with Crippen molar-refractivity contribution in [3.05, 3.63) is 94.5 Å². The molecule has 0 atom stereocenters. The Hall–Kier alpha value is -3.45. The van der Waals surface area contributed by atoms with Crippen molar-refractivity contribution in [2.45, 2.75) is 31.6 Å². The van der Waals surface area contributed by atoms with Gasteiger partial charge in [0, 0.05) is 11.1 Å². The summed E-state index contributed by atoms with van der Waals surface area (Å²) in [6.45, 7) is 3.79. The number of sulfonamides is 1. The summed E-state index contributed by atoms with van der Waals surface area (Å²) in [7, 11) is -3.84. The van der Waals surface area contributed by atoms with E-state index in [1.807, 2.05) is 44.2 Å². The Bertz CT molecular complexity index is 1300. The quantitative estimate of drug-likeness (QED) is 0.592. The molecule has 2 N–H and O–H groups in total. The molecule has 0 unspecified atom stereocenters. The molecule has 0 heterocycles. The van der Waals surface area contributed by atoms with E-state index in [1.54, 1.807) is 18.2 Å². The van der Waals surface area contributed by atoms with Crippen LogP contribution in [0.25, 0.3) is 0 Å². The number of nitrogens with zero attached hydrogens (tertiary/aromatic N) is 1. The third-order valence-corrected chi connectivity index (χ3v) is 6.65. The van der Waals surface area contributed by atoms with Gasteiger partial charge in [-0.1, -0.05) is 48.0 Å². The van der Waals surface area contributed by atoms with Gasteiger partial charge in [-0.05, 0) is 62.1 Å². The lowest BCUT2D eigenvalue weighted by atomic mass is 10.1. The second kappa shape index (κ2) is 8.35. The number of fused-ring (bicyclic) bond motifs is 1. The number of carbonyl (C=O) groups excluding carboxylic acids is 1. The third kappa shape index (κ3) is 4.51. The maximum Gasteiger partial charge on any atom is 0.271 e. The van der Waals surface area contributed by atoms with Crippen molar-refractivity contribution in [3.63, 3.8) is 0 Å². The van der Waals surface area contributed by atoms with Gasteiger partial charge in [0.1, 0.15) is 0 Å². The topological polar surface area (TPSA) is 87.6 Å². The molecule has 0 aromatic heterocycles. The molecule has 0 radical (unpaired) electrons. The Morgan fingerprint density at radius 3 is 2.55 bits per heavy atom. The van der Waals surface area contributed by atoms with Crippen molar-refractivity contribution >= 4 is 27.3 Å². The highest BCUT2D eigenvalue weighted by molar-refractivity contribution is 7.92. The van der Waals surface area contributed by atoms with E-state index in [9.17, 15) is 13.2 Å². The van der Waals surface area contributed by atoms with Gasteiger partial charge in [0.25, 0.3) is 15.9 Å². The first-order valence-corrected chi connectivity index (χ1v) is 11.5. The molecule has 7 heteroatoms. The number of nitrogens with one attached hydrogen (secondary N) is 2. The molecule has 158 valence electrons. The number of benzene rings is 3. The van der Waals surface area contributed by atoms with E-state index < -0.39 is 15.9 Å². The van der Waals surface area contributed by atoms with E-state index in [2.05, 4.69) is 21.3 Å². The predicted molar refractivity (Wildman–Crippen MR) is 122 cm³/mol. The fourth-order valence-corrected chi connectivity index (χ4v) is 4.82. The zero-order chi connectivity index (χ0) is 22.0. The lowest BCUT2D eigenvalue weighted by Crippen LogP contribution is -2.20. The van der Waals surface area contributed by atoms with Gasteiger partial charge in [0.2, 0.25) is 0 Å². The van der Waals surface area contributed by atoms with Crippen LogP contribution in [0.4, 0.5) is 5.69 Å². The zero-order valence-corrected chi connectivity index (χ0v) is 18.2. The molecule has 0 aliphatic heterocycles. The first kappa shape index (κ1) is 20.8. The second-order valence-corrected chi connectivity index (χ2v) is 9.29. The van der Waals surface area contributed by atoms with Gasteiger partial charge in [0.15, 0.2) is 0 Å². The van der Waals surface area contributed by atoms with Crippen LogP contribution in [-0.4, -0.2) is 20.0 Å². The number of aryl methyl sites for hydroxylation is 3. The highest BCUT2D eigenvalue weighted by Crippen LogP contribution is 2.23. The number of carbonyl (C=O) groups is 1. The summed E-state index contributed by atoms with van der Waals surface area (Å²) in [5.74, 6) is -0.458. The van der Waals surface area contributed by atoms with E-state index in [4.69, 9.17) is 0 Å². The molecule has 6 nitrogen and oxygen atoms in total. The minimum Gasteiger partial charge on any atom is -0.279 e. The molecular formula is C24H23N3O3S. The van der Waals surface area contributed by atoms with Crippen LogP contribution in [0.2, 0.25) is 0 Å². The molecule has 3 aromatic carbocycles. The molecule has 0 saturated carbocycles. The molecule has 0 saturated heterocycles. The molecule has 0 bridgehead atoms. The Morgan fingerprint density at radius 2 is 1.74 bits per heavy atom. The van der Waals surface area contributed by atoms with Gasteiger partial charge in [0.05, 0.1) is 16.3 Å². The Kier molecular flexibility index (Phi) is 5.61. The van der Waals surface area contributed by atoms with Gasteiger partial charge in [-0.25, -0.2) is 13.8 Å². The Morgan fingerprint density at radius 1 is 0.935 bits per heavy atom. The minimum absolute atomic E-state index is 0.0130. The van der Waals surface area contributed by atoms with Gasteiger partial charge in [-0.2, -0.15) is 5.10 Å².